The molecule has 2 amide bonds. The molecule has 1 heterocycles. The van der Waals surface area contributed by atoms with Gasteiger partial charge in [-0.2, -0.15) is 5.10 Å². The predicted molar refractivity (Wildman–Crippen MR) is 127 cm³/mol. The highest BCUT2D eigenvalue weighted by Gasteiger charge is 2.11. The van der Waals surface area contributed by atoms with Crippen LogP contribution in [0.1, 0.15) is 12.5 Å². The fourth-order valence-electron chi connectivity index (χ4n) is 3.27. The number of anilines is 2. The average molecular weight is 422 g/mol. The molecule has 0 saturated carbocycles. The van der Waals surface area contributed by atoms with Crippen molar-refractivity contribution in [2.24, 2.45) is 0 Å². The van der Waals surface area contributed by atoms with Gasteiger partial charge < -0.3 is 10.6 Å². The number of carbonyl (C=O) groups excluding carboxylic acids is 2. The number of para-hydroxylation sites is 1. The summed E-state index contributed by atoms with van der Waals surface area (Å²) in [5, 5.41) is 10.3. The van der Waals surface area contributed by atoms with Crippen molar-refractivity contribution in [3.63, 3.8) is 0 Å². The van der Waals surface area contributed by atoms with Gasteiger partial charge in [-0.15, -0.1) is 0 Å². The lowest BCUT2D eigenvalue weighted by Crippen LogP contribution is -2.09. The highest BCUT2D eigenvalue weighted by Crippen LogP contribution is 2.25. The molecule has 4 aromatic rings. The van der Waals surface area contributed by atoms with Crippen LogP contribution in [0.2, 0.25) is 0 Å². The normalized spacial score (nSPS) is 10.8. The Morgan fingerprint density at radius 1 is 0.844 bits per heavy atom. The maximum atomic E-state index is 12.5. The van der Waals surface area contributed by atoms with Gasteiger partial charge in [0.2, 0.25) is 11.8 Å². The molecular weight excluding hydrogens is 400 g/mol. The van der Waals surface area contributed by atoms with Gasteiger partial charge in [0.1, 0.15) is 0 Å². The molecule has 2 N–H and O–H groups in total. The Bertz CT molecular complexity index is 1260. The van der Waals surface area contributed by atoms with E-state index < -0.39 is 0 Å². The highest BCUT2D eigenvalue weighted by molar-refractivity contribution is 6.02. The van der Waals surface area contributed by atoms with Crippen molar-refractivity contribution in [3.8, 4) is 16.9 Å². The molecule has 0 aliphatic heterocycles. The molecule has 3 aromatic carbocycles. The van der Waals surface area contributed by atoms with Gasteiger partial charge in [0.05, 0.1) is 11.4 Å². The number of aromatic nitrogens is 2. The second-order valence-corrected chi connectivity index (χ2v) is 7.16. The molecule has 0 fully saturated rings. The van der Waals surface area contributed by atoms with Gasteiger partial charge in [-0.1, -0.05) is 54.6 Å². The summed E-state index contributed by atoms with van der Waals surface area (Å²) in [6, 6.07) is 26.7. The van der Waals surface area contributed by atoms with E-state index in [9.17, 15) is 9.59 Å². The van der Waals surface area contributed by atoms with Crippen molar-refractivity contribution in [1.29, 1.82) is 0 Å². The summed E-state index contributed by atoms with van der Waals surface area (Å²) in [5.74, 6) is -0.450. The minimum atomic E-state index is -0.281. The number of benzene rings is 3. The van der Waals surface area contributed by atoms with Gasteiger partial charge in [0.15, 0.2) is 0 Å². The van der Waals surface area contributed by atoms with Crippen LogP contribution in [0, 0.1) is 0 Å². The van der Waals surface area contributed by atoms with Gasteiger partial charge in [0.25, 0.3) is 0 Å². The number of rotatable bonds is 6. The van der Waals surface area contributed by atoms with Crippen LogP contribution in [0.5, 0.6) is 0 Å². The van der Waals surface area contributed by atoms with Crippen LogP contribution >= 0.6 is 0 Å². The first-order valence-corrected chi connectivity index (χ1v) is 10.2. The number of nitrogens with zero attached hydrogens (tertiary/aromatic N) is 2. The fourth-order valence-corrected chi connectivity index (χ4v) is 3.27. The van der Waals surface area contributed by atoms with Crippen LogP contribution in [0.3, 0.4) is 0 Å². The maximum absolute atomic E-state index is 12.5. The van der Waals surface area contributed by atoms with Crippen molar-refractivity contribution in [2.75, 3.05) is 10.6 Å². The largest absolute Gasteiger partial charge is 0.326 e. The van der Waals surface area contributed by atoms with E-state index in [1.807, 2.05) is 66.9 Å². The van der Waals surface area contributed by atoms with Crippen LogP contribution in [0.25, 0.3) is 23.0 Å². The molecule has 0 aliphatic carbocycles. The summed E-state index contributed by atoms with van der Waals surface area (Å²) in [6.07, 6.45) is 5.13. The average Bonchev–Trinajstić information content (AvgIpc) is 3.23. The summed E-state index contributed by atoms with van der Waals surface area (Å²) in [5.41, 5.74) is 4.71. The van der Waals surface area contributed by atoms with E-state index in [0.717, 1.165) is 22.5 Å². The topological polar surface area (TPSA) is 76.0 Å². The monoisotopic (exact) mass is 422 g/mol. The third kappa shape index (κ3) is 5.17. The van der Waals surface area contributed by atoms with Crippen LogP contribution < -0.4 is 10.6 Å². The third-order valence-corrected chi connectivity index (χ3v) is 4.68. The standard InChI is InChI=1S/C26H22N4O2/c1-19(31)27-22-11-8-12-23(17-22)28-25(32)16-15-21-18-30(24-13-6-3-7-14-24)29-26(21)20-9-4-2-5-10-20/h2-18H,1H3,(H,27,31)(H,28,32)/b16-15+. The summed E-state index contributed by atoms with van der Waals surface area (Å²) in [7, 11) is 0. The zero-order chi connectivity index (χ0) is 22.3. The van der Waals surface area contributed by atoms with E-state index in [0.29, 0.717) is 11.4 Å². The number of hydrogen-bond acceptors (Lipinski definition) is 3. The minimum absolute atomic E-state index is 0.169. The van der Waals surface area contributed by atoms with Gasteiger partial charge in [-0.05, 0) is 36.4 Å². The van der Waals surface area contributed by atoms with Gasteiger partial charge >= 0.3 is 0 Å². The summed E-state index contributed by atoms with van der Waals surface area (Å²) < 4.78 is 1.80. The molecule has 0 saturated heterocycles. The number of amides is 2. The molecule has 0 atom stereocenters. The van der Waals surface area contributed by atoms with Crippen molar-refractivity contribution in [1.82, 2.24) is 9.78 Å². The molecule has 0 bridgehead atoms. The lowest BCUT2D eigenvalue weighted by molar-refractivity contribution is -0.114. The number of carbonyl (C=O) groups is 2. The molecule has 0 radical (unpaired) electrons. The second kappa shape index (κ2) is 9.57. The van der Waals surface area contributed by atoms with Crippen LogP contribution in [-0.2, 0) is 9.59 Å². The van der Waals surface area contributed by atoms with E-state index in [1.54, 1.807) is 35.0 Å². The molecule has 158 valence electrons. The first kappa shape index (κ1) is 20.8. The van der Waals surface area contributed by atoms with E-state index in [-0.39, 0.29) is 11.8 Å². The third-order valence-electron chi connectivity index (χ3n) is 4.68. The van der Waals surface area contributed by atoms with Gasteiger partial charge in [-0.25, -0.2) is 4.68 Å². The zero-order valence-corrected chi connectivity index (χ0v) is 17.5. The van der Waals surface area contributed by atoms with E-state index in [2.05, 4.69) is 10.6 Å². The number of hydrogen-bond donors (Lipinski definition) is 2. The van der Waals surface area contributed by atoms with Crippen molar-refractivity contribution < 1.29 is 9.59 Å². The molecule has 0 unspecified atom stereocenters. The summed E-state index contributed by atoms with van der Waals surface area (Å²) in [6.45, 7) is 1.44. The lowest BCUT2D eigenvalue weighted by atomic mass is 10.1. The Kier molecular flexibility index (Phi) is 6.22. The zero-order valence-electron chi connectivity index (χ0n) is 17.5. The molecule has 32 heavy (non-hydrogen) atoms. The Morgan fingerprint density at radius 3 is 2.19 bits per heavy atom. The fraction of sp³-hybridized carbons (Fsp3) is 0.0385. The molecular formula is C26H22N4O2. The molecule has 0 spiro atoms. The predicted octanol–water partition coefficient (Wildman–Crippen LogP) is 5.15. The van der Waals surface area contributed by atoms with Crippen molar-refractivity contribution >= 4 is 29.3 Å². The SMILES string of the molecule is CC(=O)Nc1cccc(NC(=O)/C=C/c2cn(-c3ccccc3)nc2-c2ccccc2)c1. The maximum Gasteiger partial charge on any atom is 0.248 e. The van der Waals surface area contributed by atoms with E-state index in [1.165, 1.54) is 13.0 Å². The van der Waals surface area contributed by atoms with Crippen LogP contribution in [-0.4, -0.2) is 21.6 Å². The minimum Gasteiger partial charge on any atom is -0.326 e. The first-order chi connectivity index (χ1) is 15.6. The van der Waals surface area contributed by atoms with Crippen molar-refractivity contribution in [2.45, 2.75) is 6.92 Å². The van der Waals surface area contributed by atoms with E-state index >= 15 is 0 Å². The van der Waals surface area contributed by atoms with Gasteiger partial charge in [0, 0.05) is 41.7 Å². The number of nitrogens with one attached hydrogen (secondary N) is 2. The lowest BCUT2D eigenvalue weighted by Gasteiger charge is -2.06. The summed E-state index contributed by atoms with van der Waals surface area (Å²) >= 11 is 0. The van der Waals surface area contributed by atoms with Crippen LogP contribution in [0.15, 0.2) is 97.2 Å². The molecule has 4 rings (SSSR count). The molecule has 6 heteroatoms. The molecule has 1 aromatic heterocycles. The van der Waals surface area contributed by atoms with Crippen LogP contribution in [0.4, 0.5) is 11.4 Å². The van der Waals surface area contributed by atoms with Crippen molar-refractivity contribution in [3.05, 3.63) is 103 Å². The molecule has 6 nitrogen and oxygen atoms in total. The Labute approximate surface area is 186 Å². The summed E-state index contributed by atoms with van der Waals surface area (Å²) in [4.78, 5) is 23.8. The first-order valence-electron chi connectivity index (χ1n) is 10.2. The quantitative estimate of drug-likeness (QED) is 0.422. The Morgan fingerprint density at radius 2 is 1.50 bits per heavy atom. The van der Waals surface area contributed by atoms with Gasteiger partial charge in [-0.3, -0.25) is 9.59 Å². The second-order valence-electron chi connectivity index (χ2n) is 7.16. The Balaban J connectivity index is 1.58. The molecule has 0 aliphatic rings. The van der Waals surface area contributed by atoms with E-state index in [4.69, 9.17) is 5.10 Å². The smallest absolute Gasteiger partial charge is 0.248 e. The Hall–Kier alpha value is -4.45. The highest BCUT2D eigenvalue weighted by atomic mass is 16.2.